The van der Waals surface area contributed by atoms with Crippen molar-refractivity contribution < 1.29 is 50.9 Å². The van der Waals surface area contributed by atoms with Crippen molar-refractivity contribution in [2.45, 2.75) is 18.9 Å². The predicted octanol–water partition coefficient (Wildman–Crippen LogP) is 4.12. The number of halogens is 6. The SMILES string of the molecule is N=C(N)c1ccc(-c2ccccc2CNC(=O)c2cccc(C(=N)N)c2)cc1.O=C(O)C(F)(F)F.O=C(O)C(F)(F)F. The maximum atomic E-state index is 12.5. The van der Waals surface area contributed by atoms with E-state index < -0.39 is 24.3 Å². The minimum Gasteiger partial charge on any atom is -0.475 e. The van der Waals surface area contributed by atoms with E-state index in [1.54, 1.807) is 36.4 Å². The van der Waals surface area contributed by atoms with Crippen molar-refractivity contribution in [3.05, 3.63) is 95.1 Å². The number of carbonyl (C=O) groups is 3. The minimum absolute atomic E-state index is 0.0277. The Labute approximate surface area is 233 Å². The van der Waals surface area contributed by atoms with Gasteiger partial charge < -0.3 is 27.0 Å². The molecule has 0 saturated heterocycles. The summed E-state index contributed by atoms with van der Waals surface area (Å²) < 4.78 is 63.5. The number of alkyl halides is 6. The van der Waals surface area contributed by atoms with E-state index in [1.165, 1.54) is 0 Å². The normalized spacial score (nSPS) is 10.6. The molecule has 0 atom stereocenters. The fourth-order valence-electron chi connectivity index (χ4n) is 2.89. The van der Waals surface area contributed by atoms with Gasteiger partial charge in [-0.3, -0.25) is 15.6 Å². The zero-order valence-electron chi connectivity index (χ0n) is 21.2. The van der Waals surface area contributed by atoms with Crippen LogP contribution in [0, 0.1) is 10.8 Å². The first-order chi connectivity index (χ1) is 19.3. The monoisotopic (exact) mass is 599 g/mol. The number of carbonyl (C=O) groups excluding carboxylic acids is 1. The Morgan fingerprint density at radius 2 is 1.14 bits per heavy atom. The second-order valence-corrected chi connectivity index (χ2v) is 7.93. The number of aliphatic carboxylic acids is 2. The van der Waals surface area contributed by atoms with Crippen LogP contribution in [0.1, 0.15) is 27.0 Å². The van der Waals surface area contributed by atoms with Gasteiger partial charge in [-0.15, -0.1) is 0 Å². The number of nitrogens with two attached hydrogens (primary N) is 2. The van der Waals surface area contributed by atoms with Gasteiger partial charge in [0.2, 0.25) is 0 Å². The lowest BCUT2D eigenvalue weighted by atomic mass is 9.98. The first kappa shape index (κ1) is 34.6. The van der Waals surface area contributed by atoms with Crippen LogP contribution in [0.4, 0.5) is 26.3 Å². The van der Waals surface area contributed by atoms with Gasteiger partial charge in [-0.25, -0.2) is 9.59 Å². The van der Waals surface area contributed by atoms with Crippen molar-refractivity contribution >= 4 is 29.5 Å². The number of hydrogen-bond acceptors (Lipinski definition) is 5. The van der Waals surface area contributed by atoms with Gasteiger partial charge in [-0.1, -0.05) is 60.7 Å². The Kier molecular flexibility index (Phi) is 12.2. The topological polar surface area (TPSA) is 203 Å². The minimum atomic E-state index is -5.08. The highest BCUT2D eigenvalue weighted by molar-refractivity contribution is 6.00. The molecule has 0 aliphatic heterocycles. The van der Waals surface area contributed by atoms with E-state index in [4.69, 9.17) is 42.1 Å². The number of rotatable bonds is 6. The highest BCUT2D eigenvalue weighted by atomic mass is 19.4. The van der Waals surface area contributed by atoms with Crippen molar-refractivity contribution in [1.29, 1.82) is 10.8 Å². The van der Waals surface area contributed by atoms with E-state index in [9.17, 15) is 31.1 Å². The largest absolute Gasteiger partial charge is 0.490 e. The van der Waals surface area contributed by atoms with Gasteiger partial charge in [0.15, 0.2) is 0 Å². The number of amides is 1. The van der Waals surface area contributed by atoms with Crippen molar-refractivity contribution in [2.75, 3.05) is 0 Å². The van der Waals surface area contributed by atoms with Crippen LogP contribution >= 0.6 is 0 Å². The molecule has 0 heterocycles. The number of benzene rings is 3. The quantitative estimate of drug-likeness (QED) is 0.125. The summed E-state index contributed by atoms with van der Waals surface area (Å²) >= 11 is 0. The standard InChI is InChI=1S/C22H21N5O.2C2HF3O2/c23-20(24)15-10-8-14(9-11-15)19-7-2-1-4-18(19)13-27-22(28)17-6-3-5-16(12-17)21(25)26;2*3-2(4,5)1(6)7/h1-12H,13H2,(H3,23,24)(H3,25,26)(H,27,28);2*(H,6,7). The van der Waals surface area contributed by atoms with E-state index in [2.05, 4.69) is 5.32 Å². The Morgan fingerprint density at radius 1 is 0.690 bits per heavy atom. The highest BCUT2D eigenvalue weighted by Gasteiger charge is 2.38. The lowest BCUT2D eigenvalue weighted by Crippen LogP contribution is -2.23. The molecule has 0 aliphatic rings. The number of carboxylic acids is 2. The molecule has 16 heteroatoms. The van der Waals surface area contributed by atoms with Gasteiger partial charge in [-0.2, -0.15) is 26.3 Å². The van der Waals surface area contributed by atoms with Gasteiger partial charge in [0, 0.05) is 23.2 Å². The molecule has 0 spiro atoms. The van der Waals surface area contributed by atoms with E-state index in [0.29, 0.717) is 23.2 Å². The summed E-state index contributed by atoms with van der Waals surface area (Å²) in [6.45, 7) is 0.355. The van der Waals surface area contributed by atoms with Crippen LogP contribution in [-0.4, -0.2) is 52.1 Å². The first-order valence-electron chi connectivity index (χ1n) is 11.2. The maximum Gasteiger partial charge on any atom is 0.490 e. The number of carboxylic acid groups (broad SMARTS) is 2. The van der Waals surface area contributed by atoms with Crippen molar-refractivity contribution in [2.24, 2.45) is 11.5 Å². The molecule has 0 bridgehead atoms. The second kappa shape index (κ2) is 14.8. The summed E-state index contributed by atoms with van der Waals surface area (Å²) in [6, 6.07) is 21.9. The van der Waals surface area contributed by atoms with Crippen LogP contribution < -0.4 is 16.8 Å². The molecule has 0 saturated carbocycles. The van der Waals surface area contributed by atoms with Crippen LogP contribution in [0.25, 0.3) is 11.1 Å². The van der Waals surface area contributed by atoms with Gasteiger partial charge in [0.05, 0.1) is 0 Å². The average Bonchev–Trinajstić information content (AvgIpc) is 2.91. The van der Waals surface area contributed by atoms with Gasteiger partial charge in [-0.05, 0) is 28.8 Å². The fraction of sp³-hybridized carbons (Fsp3) is 0.115. The summed E-state index contributed by atoms with van der Waals surface area (Å²) in [5.41, 5.74) is 15.6. The van der Waals surface area contributed by atoms with Crippen LogP contribution in [0.15, 0.2) is 72.8 Å². The molecule has 42 heavy (non-hydrogen) atoms. The molecular weight excluding hydrogens is 576 g/mol. The van der Waals surface area contributed by atoms with Crippen LogP contribution in [0.5, 0.6) is 0 Å². The molecule has 0 fully saturated rings. The Hall–Kier alpha value is -5.41. The molecule has 10 nitrogen and oxygen atoms in total. The van der Waals surface area contributed by atoms with E-state index >= 15 is 0 Å². The third-order valence-corrected chi connectivity index (χ3v) is 4.88. The molecular formula is C26H23F6N5O5. The third-order valence-electron chi connectivity index (χ3n) is 4.88. The van der Waals surface area contributed by atoms with Crippen molar-refractivity contribution in [1.82, 2.24) is 5.32 Å². The van der Waals surface area contributed by atoms with E-state index in [-0.39, 0.29) is 17.6 Å². The maximum absolute atomic E-state index is 12.5. The fourth-order valence-corrected chi connectivity index (χ4v) is 2.89. The van der Waals surface area contributed by atoms with E-state index in [1.807, 2.05) is 36.4 Å². The zero-order chi connectivity index (χ0) is 32.3. The smallest absolute Gasteiger partial charge is 0.475 e. The molecule has 0 radical (unpaired) electrons. The average molecular weight is 599 g/mol. The van der Waals surface area contributed by atoms with Crippen LogP contribution in [0.3, 0.4) is 0 Å². The van der Waals surface area contributed by atoms with Gasteiger partial charge in [0.25, 0.3) is 5.91 Å². The molecule has 224 valence electrons. The number of amidine groups is 2. The van der Waals surface area contributed by atoms with Crippen molar-refractivity contribution in [3.8, 4) is 11.1 Å². The predicted molar refractivity (Wildman–Crippen MR) is 139 cm³/mol. The number of hydrogen-bond donors (Lipinski definition) is 7. The molecule has 3 aromatic rings. The van der Waals surface area contributed by atoms with Crippen LogP contribution in [0.2, 0.25) is 0 Å². The first-order valence-corrected chi connectivity index (χ1v) is 11.2. The molecule has 1 amide bonds. The Bertz CT molecular complexity index is 1420. The Balaban J connectivity index is 0.000000522. The van der Waals surface area contributed by atoms with Crippen molar-refractivity contribution in [3.63, 3.8) is 0 Å². The summed E-state index contributed by atoms with van der Waals surface area (Å²) in [4.78, 5) is 30.3. The summed E-state index contributed by atoms with van der Waals surface area (Å²) in [5.74, 6) is -5.79. The summed E-state index contributed by atoms with van der Waals surface area (Å²) in [6.07, 6.45) is -10.2. The lowest BCUT2D eigenvalue weighted by Gasteiger charge is -2.12. The molecule has 3 aromatic carbocycles. The molecule has 9 N–H and O–H groups in total. The highest BCUT2D eigenvalue weighted by Crippen LogP contribution is 2.24. The molecule has 3 rings (SSSR count). The molecule has 0 aromatic heterocycles. The van der Waals surface area contributed by atoms with Gasteiger partial charge >= 0.3 is 24.3 Å². The zero-order valence-corrected chi connectivity index (χ0v) is 21.2. The summed E-state index contributed by atoms with van der Waals surface area (Å²) in [7, 11) is 0. The Morgan fingerprint density at radius 3 is 1.60 bits per heavy atom. The van der Waals surface area contributed by atoms with Gasteiger partial charge in [0.1, 0.15) is 11.7 Å². The lowest BCUT2D eigenvalue weighted by molar-refractivity contribution is -0.193. The number of nitrogen functional groups attached to an aromatic ring is 2. The summed E-state index contributed by atoms with van der Waals surface area (Å²) in [5, 5.41) is 32.2. The second-order valence-electron chi connectivity index (χ2n) is 7.93. The third kappa shape index (κ3) is 11.4. The molecule has 0 unspecified atom stereocenters. The number of nitrogens with one attached hydrogen (secondary N) is 3. The van der Waals surface area contributed by atoms with E-state index in [0.717, 1.165) is 16.7 Å². The van der Waals surface area contributed by atoms with Crippen LogP contribution in [-0.2, 0) is 16.1 Å². The molecule has 0 aliphatic carbocycles.